The zero-order chi connectivity index (χ0) is 23.4. The molecule has 4 rings (SSSR count). The van der Waals surface area contributed by atoms with Gasteiger partial charge in [0.25, 0.3) is 0 Å². The third-order valence-electron chi connectivity index (χ3n) is 5.28. The molecule has 0 unspecified atom stereocenters. The molecule has 0 spiro atoms. The molecule has 174 valence electrons. The zero-order valence-corrected chi connectivity index (χ0v) is 19.9. The van der Waals surface area contributed by atoms with Gasteiger partial charge in [0.15, 0.2) is 0 Å². The number of hydrogen-bond donors (Lipinski definition) is 0. The van der Waals surface area contributed by atoms with E-state index < -0.39 is 16.0 Å². The Kier molecular flexibility index (Phi) is 7.08. The van der Waals surface area contributed by atoms with Gasteiger partial charge in [-0.25, -0.2) is 18.2 Å². The van der Waals surface area contributed by atoms with Crippen molar-refractivity contribution in [1.29, 1.82) is 0 Å². The molecule has 1 fully saturated rings. The molecule has 0 bridgehead atoms. The van der Waals surface area contributed by atoms with Gasteiger partial charge in [0.05, 0.1) is 42.0 Å². The summed E-state index contributed by atoms with van der Waals surface area (Å²) in [6.45, 7) is 2.99. The van der Waals surface area contributed by atoms with Crippen molar-refractivity contribution in [2.24, 2.45) is 0 Å². The molecule has 0 aliphatic carbocycles. The molecule has 0 atom stereocenters. The van der Waals surface area contributed by atoms with E-state index in [0.29, 0.717) is 30.2 Å². The predicted molar refractivity (Wildman–Crippen MR) is 124 cm³/mol. The lowest BCUT2D eigenvalue weighted by atomic mass is 10.1. The van der Waals surface area contributed by atoms with Crippen molar-refractivity contribution >= 4 is 27.3 Å². The maximum atomic E-state index is 12.9. The van der Waals surface area contributed by atoms with Crippen LogP contribution in [0, 0.1) is 6.92 Å². The number of thiazole rings is 1. The highest BCUT2D eigenvalue weighted by atomic mass is 32.2. The van der Waals surface area contributed by atoms with Gasteiger partial charge in [0.2, 0.25) is 10.0 Å². The minimum Gasteiger partial charge on any atom is -0.496 e. The number of hydrogen-bond acceptors (Lipinski definition) is 8. The van der Waals surface area contributed by atoms with Crippen LogP contribution in [0.3, 0.4) is 0 Å². The number of benzene rings is 2. The summed E-state index contributed by atoms with van der Waals surface area (Å²) in [5, 5.41) is 2.58. The topological polar surface area (TPSA) is 95.0 Å². The van der Waals surface area contributed by atoms with E-state index in [0.717, 1.165) is 10.6 Å². The number of esters is 1. The quantitative estimate of drug-likeness (QED) is 0.470. The number of sulfonamides is 1. The Hall–Kier alpha value is -2.79. The van der Waals surface area contributed by atoms with Gasteiger partial charge in [-0.1, -0.05) is 18.2 Å². The first-order chi connectivity index (χ1) is 15.9. The second-order valence-electron chi connectivity index (χ2n) is 7.41. The van der Waals surface area contributed by atoms with E-state index >= 15 is 0 Å². The van der Waals surface area contributed by atoms with E-state index in [2.05, 4.69) is 4.98 Å². The summed E-state index contributed by atoms with van der Waals surface area (Å²) >= 11 is 1.43. The number of ether oxygens (including phenoxy) is 3. The second kappa shape index (κ2) is 10.0. The average molecular weight is 489 g/mol. The molecule has 0 amide bonds. The van der Waals surface area contributed by atoms with E-state index in [-0.39, 0.29) is 30.2 Å². The first-order valence-corrected chi connectivity index (χ1v) is 12.7. The van der Waals surface area contributed by atoms with Crippen molar-refractivity contribution < 1.29 is 27.4 Å². The maximum absolute atomic E-state index is 12.9. The lowest BCUT2D eigenvalue weighted by Gasteiger charge is -2.26. The van der Waals surface area contributed by atoms with Crippen LogP contribution in [0.2, 0.25) is 0 Å². The fourth-order valence-electron chi connectivity index (χ4n) is 3.45. The van der Waals surface area contributed by atoms with Crippen molar-refractivity contribution in [3.05, 3.63) is 64.7 Å². The molecule has 0 saturated carbocycles. The first-order valence-electron chi connectivity index (χ1n) is 10.3. The van der Waals surface area contributed by atoms with Gasteiger partial charge in [0.1, 0.15) is 17.4 Å². The molecule has 8 nitrogen and oxygen atoms in total. The number of carbonyl (C=O) groups is 1. The van der Waals surface area contributed by atoms with Crippen LogP contribution in [0.25, 0.3) is 10.6 Å². The average Bonchev–Trinajstić information content (AvgIpc) is 3.32. The van der Waals surface area contributed by atoms with E-state index in [9.17, 15) is 13.2 Å². The number of methoxy groups -OCH3 is 1. The van der Waals surface area contributed by atoms with Crippen LogP contribution >= 0.6 is 11.3 Å². The molecule has 33 heavy (non-hydrogen) atoms. The number of aromatic nitrogens is 1. The second-order valence-corrected chi connectivity index (χ2v) is 10.2. The van der Waals surface area contributed by atoms with E-state index in [4.69, 9.17) is 14.2 Å². The van der Waals surface area contributed by atoms with Gasteiger partial charge in [-0.3, -0.25) is 0 Å². The Morgan fingerprint density at radius 2 is 1.94 bits per heavy atom. The molecule has 1 aliphatic rings. The lowest BCUT2D eigenvalue weighted by Crippen LogP contribution is -2.40. The number of morpholine rings is 1. The number of carbonyl (C=O) groups excluding carboxylic acids is 1. The monoisotopic (exact) mass is 488 g/mol. The van der Waals surface area contributed by atoms with E-state index in [1.54, 1.807) is 20.1 Å². The van der Waals surface area contributed by atoms with Crippen molar-refractivity contribution in [3.63, 3.8) is 0 Å². The molecule has 0 N–H and O–H groups in total. The van der Waals surface area contributed by atoms with Crippen LogP contribution in [-0.4, -0.2) is 57.1 Å². The summed E-state index contributed by atoms with van der Waals surface area (Å²) in [7, 11) is -2.11. The Morgan fingerprint density at radius 3 is 2.70 bits per heavy atom. The number of rotatable bonds is 7. The highest BCUT2D eigenvalue weighted by molar-refractivity contribution is 7.89. The minimum absolute atomic E-state index is 0.0234. The first kappa shape index (κ1) is 23.4. The van der Waals surface area contributed by atoms with Crippen molar-refractivity contribution in [3.8, 4) is 16.3 Å². The fraction of sp³-hybridized carbons (Fsp3) is 0.304. The van der Waals surface area contributed by atoms with Crippen LogP contribution in [0.15, 0.2) is 52.7 Å². The standard InChI is InChI=1S/C23H24N2O6S2/c1-16-7-8-18(33(27,28)25-9-11-30-12-10-25)13-20(16)23(26)31-14-17-15-32-22(24-17)19-5-3-4-6-21(19)29-2/h3-8,13,15H,9-12,14H2,1-2H3. The summed E-state index contributed by atoms with van der Waals surface area (Å²) in [6.07, 6.45) is 0. The van der Waals surface area contributed by atoms with E-state index in [1.165, 1.54) is 27.8 Å². The largest absolute Gasteiger partial charge is 0.496 e. The molecule has 1 saturated heterocycles. The van der Waals surface area contributed by atoms with Crippen LogP contribution in [0.5, 0.6) is 5.75 Å². The van der Waals surface area contributed by atoms with Crippen LogP contribution in [0.1, 0.15) is 21.6 Å². The molecule has 1 aromatic heterocycles. The molecule has 1 aliphatic heterocycles. The van der Waals surface area contributed by atoms with Crippen molar-refractivity contribution in [2.45, 2.75) is 18.4 Å². The van der Waals surface area contributed by atoms with E-state index in [1.807, 2.05) is 29.6 Å². The van der Waals surface area contributed by atoms with Gasteiger partial charge in [0, 0.05) is 18.5 Å². The number of para-hydroxylation sites is 1. The SMILES string of the molecule is COc1ccccc1-c1nc(COC(=O)c2cc(S(=O)(=O)N3CCOCC3)ccc2C)cs1. The smallest absolute Gasteiger partial charge is 0.338 e. The normalized spacial score (nSPS) is 14.7. The summed E-state index contributed by atoms with van der Waals surface area (Å²) in [4.78, 5) is 17.4. The van der Waals surface area contributed by atoms with Crippen LogP contribution in [-0.2, 0) is 26.1 Å². The van der Waals surface area contributed by atoms with Crippen molar-refractivity contribution in [1.82, 2.24) is 9.29 Å². The zero-order valence-electron chi connectivity index (χ0n) is 18.3. The highest BCUT2D eigenvalue weighted by Crippen LogP contribution is 2.32. The van der Waals surface area contributed by atoms with Gasteiger partial charge in [-0.05, 0) is 36.8 Å². The highest BCUT2D eigenvalue weighted by Gasteiger charge is 2.27. The van der Waals surface area contributed by atoms with Crippen LogP contribution < -0.4 is 4.74 Å². The third kappa shape index (κ3) is 5.09. The molecule has 2 aromatic carbocycles. The molecule has 3 aromatic rings. The van der Waals surface area contributed by atoms with Gasteiger partial charge in [-0.15, -0.1) is 11.3 Å². The lowest BCUT2D eigenvalue weighted by molar-refractivity contribution is 0.0467. The molecule has 2 heterocycles. The summed E-state index contributed by atoms with van der Waals surface area (Å²) in [5.41, 5.74) is 2.31. The summed E-state index contributed by atoms with van der Waals surface area (Å²) in [5.74, 6) is 0.114. The molecule has 10 heteroatoms. The van der Waals surface area contributed by atoms with Gasteiger partial charge in [-0.2, -0.15) is 4.31 Å². The van der Waals surface area contributed by atoms with Crippen LogP contribution in [0.4, 0.5) is 0 Å². The summed E-state index contributed by atoms with van der Waals surface area (Å²) in [6, 6.07) is 12.1. The molecular formula is C23H24N2O6S2. The Balaban J connectivity index is 1.48. The van der Waals surface area contributed by atoms with Gasteiger partial charge < -0.3 is 14.2 Å². The Bertz CT molecular complexity index is 1250. The van der Waals surface area contributed by atoms with Crippen molar-refractivity contribution in [2.75, 3.05) is 33.4 Å². The molecular weight excluding hydrogens is 464 g/mol. The molecule has 0 radical (unpaired) electrons. The Labute approximate surface area is 196 Å². The number of aryl methyl sites for hydroxylation is 1. The fourth-order valence-corrected chi connectivity index (χ4v) is 5.72. The Morgan fingerprint density at radius 1 is 1.18 bits per heavy atom. The number of nitrogens with zero attached hydrogens (tertiary/aromatic N) is 2. The van der Waals surface area contributed by atoms with Gasteiger partial charge >= 0.3 is 5.97 Å². The summed E-state index contributed by atoms with van der Waals surface area (Å²) < 4.78 is 43.3. The third-order valence-corrected chi connectivity index (χ3v) is 8.10. The minimum atomic E-state index is -3.71. The predicted octanol–water partition coefficient (Wildman–Crippen LogP) is 3.51. The maximum Gasteiger partial charge on any atom is 0.338 e.